The third kappa shape index (κ3) is 2.95. The molecule has 10 heteroatoms. The number of alkyl halides is 2. The molecule has 29 heavy (non-hydrogen) atoms. The predicted molar refractivity (Wildman–Crippen MR) is 98.7 cm³/mol. The number of rotatable bonds is 5. The minimum atomic E-state index is -2.73. The standard InChI is InChI=1S/C19H16F2N8/c1-27-10-12(8-24-27)15-6-17-23-4-5-28(17)18(26-15)13-9-25-29(11-13)16(2-3-22)14-7-19(14,20)21/h4-6,8-11,14,16H,2,7H2,1H3/t14-,16-/m1/s1. The molecule has 2 atom stereocenters. The molecular formula is C19H16F2N8. The first-order valence-electron chi connectivity index (χ1n) is 9.09. The van der Waals surface area contributed by atoms with E-state index in [4.69, 9.17) is 10.2 Å². The fraction of sp³-hybridized carbons (Fsp3) is 0.316. The van der Waals surface area contributed by atoms with Crippen molar-refractivity contribution in [2.24, 2.45) is 13.0 Å². The molecule has 0 aliphatic heterocycles. The number of fused-ring (bicyclic) bond motifs is 1. The molecule has 5 rings (SSSR count). The average molecular weight is 394 g/mol. The lowest BCUT2D eigenvalue weighted by Crippen LogP contribution is -2.15. The van der Waals surface area contributed by atoms with Crippen LogP contribution < -0.4 is 0 Å². The minimum Gasteiger partial charge on any atom is -0.284 e. The van der Waals surface area contributed by atoms with Gasteiger partial charge in [0.15, 0.2) is 0 Å². The molecule has 8 nitrogen and oxygen atoms in total. The molecule has 0 N–H and O–H groups in total. The van der Waals surface area contributed by atoms with Crippen LogP contribution in [0.1, 0.15) is 18.9 Å². The van der Waals surface area contributed by atoms with E-state index in [0.717, 1.165) is 5.56 Å². The van der Waals surface area contributed by atoms with Crippen LogP contribution in [0.25, 0.3) is 28.3 Å². The summed E-state index contributed by atoms with van der Waals surface area (Å²) in [4.78, 5) is 9.09. The van der Waals surface area contributed by atoms with Gasteiger partial charge in [0.05, 0.1) is 48.1 Å². The zero-order valence-corrected chi connectivity index (χ0v) is 15.4. The van der Waals surface area contributed by atoms with Crippen molar-refractivity contribution in [3.8, 4) is 28.7 Å². The zero-order valence-electron chi connectivity index (χ0n) is 15.4. The van der Waals surface area contributed by atoms with Crippen LogP contribution in [0.2, 0.25) is 0 Å². The maximum atomic E-state index is 13.6. The van der Waals surface area contributed by atoms with E-state index in [2.05, 4.69) is 15.2 Å². The molecule has 1 aliphatic rings. The Kier molecular flexibility index (Phi) is 3.74. The molecule has 0 radical (unpaired) electrons. The van der Waals surface area contributed by atoms with Crippen molar-refractivity contribution in [2.45, 2.75) is 24.8 Å². The highest BCUT2D eigenvalue weighted by Gasteiger charge is 2.61. The molecule has 4 aromatic rings. The van der Waals surface area contributed by atoms with E-state index in [0.29, 0.717) is 22.7 Å². The number of hydrogen-bond acceptors (Lipinski definition) is 5. The SMILES string of the molecule is Cn1cc(-c2cc3nccn3c(-c3cnn([C@H](CC#N)[C@H]4CC4(F)F)c3)n2)cn1. The molecule has 1 fully saturated rings. The van der Waals surface area contributed by atoms with Crippen LogP contribution in [0.3, 0.4) is 0 Å². The largest absolute Gasteiger partial charge is 0.284 e. The van der Waals surface area contributed by atoms with Crippen LogP contribution in [0, 0.1) is 17.2 Å². The van der Waals surface area contributed by atoms with Gasteiger partial charge in [0.2, 0.25) is 0 Å². The number of imidazole rings is 1. The summed E-state index contributed by atoms with van der Waals surface area (Å²) in [6, 6.07) is 3.19. The van der Waals surface area contributed by atoms with Gasteiger partial charge in [-0.25, -0.2) is 18.7 Å². The number of hydrogen-bond donors (Lipinski definition) is 0. The quantitative estimate of drug-likeness (QED) is 0.519. The summed E-state index contributed by atoms with van der Waals surface area (Å²) in [6.45, 7) is 0. The third-order valence-electron chi connectivity index (χ3n) is 5.23. The van der Waals surface area contributed by atoms with Crippen LogP contribution in [-0.4, -0.2) is 39.9 Å². The van der Waals surface area contributed by atoms with Gasteiger partial charge in [0.25, 0.3) is 5.92 Å². The van der Waals surface area contributed by atoms with Gasteiger partial charge in [-0.1, -0.05) is 0 Å². The lowest BCUT2D eigenvalue weighted by molar-refractivity contribution is 0.0847. The van der Waals surface area contributed by atoms with Gasteiger partial charge in [-0.05, 0) is 0 Å². The maximum Gasteiger partial charge on any atom is 0.253 e. The molecule has 0 amide bonds. The summed E-state index contributed by atoms with van der Waals surface area (Å²) in [7, 11) is 1.82. The Hall–Kier alpha value is -3.61. The van der Waals surface area contributed by atoms with Crippen molar-refractivity contribution < 1.29 is 8.78 Å². The van der Waals surface area contributed by atoms with Gasteiger partial charge in [-0.2, -0.15) is 15.5 Å². The zero-order chi connectivity index (χ0) is 20.2. The lowest BCUT2D eigenvalue weighted by Gasteiger charge is -2.13. The second-order valence-electron chi connectivity index (χ2n) is 7.23. The molecule has 1 saturated carbocycles. The van der Waals surface area contributed by atoms with E-state index in [1.165, 1.54) is 4.68 Å². The van der Waals surface area contributed by atoms with Gasteiger partial charge in [-0.3, -0.25) is 13.8 Å². The summed E-state index contributed by atoms with van der Waals surface area (Å²) in [5.41, 5.74) is 2.89. The van der Waals surface area contributed by atoms with E-state index >= 15 is 0 Å². The maximum absolute atomic E-state index is 13.6. The van der Waals surface area contributed by atoms with Gasteiger partial charge in [0.1, 0.15) is 11.5 Å². The van der Waals surface area contributed by atoms with Crippen LogP contribution in [-0.2, 0) is 7.05 Å². The molecule has 4 heterocycles. The Morgan fingerprint density at radius 1 is 1.28 bits per heavy atom. The Morgan fingerprint density at radius 3 is 2.76 bits per heavy atom. The first kappa shape index (κ1) is 17.5. The fourth-order valence-corrected chi connectivity index (χ4v) is 3.63. The van der Waals surface area contributed by atoms with Crippen molar-refractivity contribution in [3.63, 3.8) is 0 Å². The number of nitriles is 1. The first-order valence-corrected chi connectivity index (χ1v) is 9.09. The Labute approximate surface area is 164 Å². The van der Waals surface area contributed by atoms with Crippen molar-refractivity contribution in [2.75, 3.05) is 0 Å². The monoisotopic (exact) mass is 394 g/mol. The molecule has 0 unspecified atom stereocenters. The van der Waals surface area contributed by atoms with Gasteiger partial charge in [-0.15, -0.1) is 0 Å². The van der Waals surface area contributed by atoms with Crippen LogP contribution in [0.4, 0.5) is 8.78 Å². The van der Waals surface area contributed by atoms with E-state index in [9.17, 15) is 8.78 Å². The van der Waals surface area contributed by atoms with Gasteiger partial charge < -0.3 is 0 Å². The molecule has 4 aromatic heterocycles. The van der Waals surface area contributed by atoms with E-state index < -0.39 is 17.9 Å². The number of aryl methyl sites for hydroxylation is 1. The second-order valence-corrected chi connectivity index (χ2v) is 7.23. The third-order valence-corrected chi connectivity index (χ3v) is 5.23. The number of nitrogens with zero attached hydrogens (tertiary/aromatic N) is 8. The molecule has 1 aliphatic carbocycles. The van der Waals surface area contributed by atoms with Crippen molar-refractivity contribution >= 4 is 5.65 Å². The second kappa shape index (κ2) is 6.20. The van der Waals surface area contributed by atoms with E-state index in [-0.39, 0.29) is 12.8 Å². The van der Waals surface area contributed by atoms with Crippen LogP contribution in [0.5, 0.6) is 0 Å². The normalized spacial score (nSPS) is 18.6. The van der Waals surface area contributed by atoms with Gasteiger partial charge in [0, 0.05) is 49.9 Å². The smallest absolute Gasteiger partial charge is 0.253 e. The Balaban J connectivity index is 1.58. The molecule has 0 spiro atoms. The summed E-state index contributed by atoms with van der Waals surface area (Å²) in [6.07, 6.45) is 10.0. The highest BCUT2D eigenvalue weighted by Crippen LogP contribution is 2.55. The van der Waals surface area contributed by atoms with Crippen LogP contribution >= 0.6 is 0 Å². The van der Waals surface area contributed by atoms with E-state index in [1.807, 2.05) is 29.8 Å². The topological polar surface area (TPSA) is 89.6 Å². The summed E-state index contributed by atoms with van der Waals surface area (Å²) < 4.78 is 32.2. The van der Waals surface area contributed by atoms with Crippen molar-refractivity contribution in [1.29, 1.82) is 5.26 Å². The highest BCUT2D eigenvalue weighted by molar-refractivity contribution is 5.68. The lowest BCUT2D eigenvalue weighted by atomic mass is 10.1. The average Bonchev–Trinajstić information content (AvgIpc) is 3.21. The number of halogens is 2. The Bertz CT molecular complexity index is 1240. The molecule has 0 bridgehead atoms. The minimum absolute atomic E-state index is 0.0228. The molecule has 0 saturated heterocycles. The first-order chi connectivity index (χ1) is 14.0. The summed E-state index contributed by atoms with van der Waals surface area (Å²) in [5.74, 6) is -3.01. The fourth-order valence-electron chi connectivity index (χ4n) is 3.63. The predicted octanol–water partition coefficient (Wildman–Crippen LogP) is 3.10. The van der Waals surface area contributed by atoms with Crippen LogP contribution in [0.15, 0.2) is 43.2 Å². The van der Waals surface area contributed by atoms with E-state index in [1.54, 1.807) is 35.7 Å². The Morgan fingerprint density at radius 2 is 2.07 bits per heavy atom. The van der Waals surface area contributed by atoms with Gasteiger partial charge >= 0.3 is 0 Å². The summed E-state index contributed by atoms with van der Waals surface area (Å²) in [5, 5.41) is 17.5. The molecular weight excluding hydrogens is 378 g/mol. The molecule has 146 valence electrons. The summed E-state index contributed by atoms with van der Waals surface area (Å²) >= 11 is 0. The van der Waals surface area contributed by atoms with Crippen molar-refractivity contribution in [3.05, 3.63) is 43.2 Å². The van der Waals surface area contributed by atoms with Crippen molar-refractivity contribution in [1.82, 2.24) is 33.9 Å². The highest BCUT2D eigenvalue weighted by atomic mass is 19.3. The number of aromatic nitrogens is 7. The molecule has 0 aromatic carbocycles.